The van der Waals surface area contributed by atoms with Gasteiger partial charge >= 0.3 is 0 Å². The van der Waals surface area contributed by atoms with Gasteiger partial charge in [-0.1, -0.05) is 48.5 Å². The van der Waals surface area contributed by atoms with Crippen molar-refractivity contribution in [3.05, 3.63) is 95.6 Å². The lowest BCUT2D eigenvalue weighted by molar-refractivity contribution is 0.102. The van der Waals surface area contributed by atoms with E-state index in [9.17, 15) is 4.79 Å². The Morgan fingerprint density at radius 3 is 2.39 bits per heavy atom. The van der Waals surface area contributed by atoms with Crippen LogP contribution in [0.5, 0.6) is 5.75 Å². The number of hydrogen-bond acceptors (Lipinski definition) is 3. The van der Waals surface area contributed by atoms with Crippen LogP contribution in [0.4, 0.5) is 5.69 Å². The van der Waals surface area contributed by atoms with Crippen molar-refractivity contribution in [2.75, 3.05) is 25.5 Å². The minimum absolute atomic E-state index is 0.110. The van der Waals surface area contributed by atoms with Crippen molar-refractivity contribution < 1.29 is 9.53 Å². The van der Waals surface area contributed by atoms with Crippen LogP contribution in [0.1, 0.15) is 34.3 Å². The lowest BCUT2D eigenvalue weighted by Gasteiger charge is -2.32. The van der Waals surface area contributed by atoms with Crippen molar-refractivity contribution in [1.82, 2.24) is 4.90 Å². The van der Waals surface area contributed by atoms with Crippen LogP contribution in [0.15, 0.2) is 78.9 Å². The molecule has 31 heavy (non-hydrogen) atoms. The largest absolute Gasteiger partial charge is 0.497 e. The summed E-state index contributed by atoms with van der Waals surface area (Å²) in [7, 11) is 1.62. The Balaban J connectivity index is 1.26. The van der Waals surface area contributed by atoms with Gasteiger partial charge in [-0.3, -0.25) is 9.69 Å². The molecule has 1 saturated heterocycles. The van der Waals surface area contributed by atoms with Gasteiger partial charge < -0.3 is 10.1 Å². The van der Waals surface area contributed by atoms with Crippen molar-refractivity contribution in [2.24, 2.45) is 5.92 Å². The Morgan fingerprint density at radius 2 is 1.68 bits per heavy atom. The molecule has 1 aliphatic rings. The summed E-state index contributed by atoms with van der Waals surface area (Å²) in [4.78, 5) is 15.1. The molecule has 1 amide bonds. The van der Waals surface area contributed by atoms with Gasteiger partial charge in [-0.05, 0) is 73.7 Å². The normalized spacial score (nSPS) is 14.9. The third-order valence-electron chi connectivity index (χ3n) is 6.02. The zero-order valence-electron chi connectivity index (χ0n) is 18.1. The molecule has 1 N–H and O–H groups in total. The average Bonchev–Trinajstić information content (AvgIpc) is 2.81. The summed E-state index contributed by atoms with van der Waals surface area (Å²) in [6, 6.07) is 26.2. The van der Waals surface area contributed by atoms with Crippen molar-refractivity contribution in [3.8, 4) is 5.75 Å². The van der Waals surface area contributed by atoms with E-state index in [4.69, 9.17) is 4.74 Å². The number of carbonyl (C=O) groups is 1. The third-order valence-corrected chi connectivity index (χ3v) is 6.02. The summed E-state index contributed by atoms with van der Waals surface area (Å²) in [6.07, 6.45) is 3.68. The Bertz CT molecular complexity index is 978. The van der Waals surface area contributed by atoms with E-state index >= 15 is 0 Å². The van der Waals surface area contributed by atoms with E-state index in [1.54, 1.807) is 7.11 Å². The topological polar surface area (TPSA) is 41.6 Å². The molecule has 4 rings (SSSR count). The lowest BCUT2D eigenvalue weighted by atomic mass is 9.90. The molecule has 0 unspecified atom stereocenters. The molecular weight excluding hydrogens is 384 g/mol. The number of methoxy groups -OCH3 is 1. The Hall–Kier alpha value is -3.11. The average molecular weight is 415 g/mol. The number of rotatable bonds is 7. The minimum atomic E-state index is -0.110. The molecule has 0 bridgehead atoms. The molecular formula is C27H30N2O2. The van der Waals surface area contributed by atoms with E-state index in [2.05, 4.69) is 52.7 Å². The van der Waals surface area contributed by atoms with Gasteiger partial charge in [0.1, 0.15) is 5.75 Å². The fraction of sp³-hybridized carbons (Fsp3) is 0.296. The number of nitrogens with one attached hydrogen (secondary N) is 1. The number of likely N-dealkylation sites (tertiary alicyclic amines) is 1. The molecule has 160 valence electrons. The summed E-state index contributed by atoms with van der Waals surface area (Å²) in [5.41, 5.74) is 4.09. The molecule has 3 aromatic rings. The monoisotopic (exact) mass is 414 g/mol. The van der Waals surface area contributed by atoms with E-state index in [0.717, 1.165) is 37.0 Å². The second-order valence-corrected chi connectivity index (χ2v) is 8.29. The van der Waals surface area contributed by atoms with Crippen LogP contribution in [0.3, 0.4) is 0 Å². The molecule has 1 fully saturated rings. The Morgan fingerprint density at radius 1 is 0.935 bits per heavy atom. The van der Waals surface area contributed by atoms with E-state index in [-0.39, 0.29) is 5.91 Å². The molecule has 4 nitrogen and oxygen atoms in total. The number of nitrogens with zero attached hydrogens (tertiary/aromatic N) is 1. The molecule has 4 heteroatoms. The van der Waals surface area contributed by atoms with Crippen molar-refractivity contribution >= 4 is 11.6 Å². The highest BCUT2D eigenvalue weighted by molar-refractivity contribution is 6.04. The summed E-state index contributed by atoms with van der Waals surface area (Å²) < 4.78 is 5.21. The smallest absolute Gasteiger partial charge is 0.255 e. The zero-order valence-corrected chi connectivity index (χ0v) is 18.1. The van der Waals surface area contributed by atoms with Crippen LogP contribution in [0.25, 0.3) is 0 Å². The summed E-state index contributed by atoms with van der Waals surface area (Å²) in [5.74, 6) is 1.39. The Labute approximate surface area is 184 Å². The zero-order chi connectivity index (χ0) is 21.5. The van der Waals surface area contributed by atoms with E-state index < -0.39 is 0 Å². The predicted octanol–water partition coefficient (Wildman–Crippen LogP) is 5.40. The van der Waals surface area contributed by atoms with Crippen LogP contribution in [-0.4, -0.2) is 31.0 Å². The van der Waals surface area contributed by atoms with Crippen molar-refractivity contribution in [2.45, 2.75) is 25.8 Å². The van der Waals surface area contributed by atoms with Gasteiger partial charge in [-0.25, -0.2) is 0 Å². The molecule has 0 aromatic heterocycles. The van der Waals surface area contributed by atoms with Gasteiger partial charge in [0, 0.05) is 23.9 Å². The first-order chi connectivity index (χ1) is 15.2. The van der Waals surface area contributed by atoms with Crippen molar-refractivity contribution in [1.29, 1.82) is 0 Å². The first-order valence-corrected chi connectivity index (χ1v) is 11.0. The summed E-state index contributed by atoms with van der Waals surface area (Å²) >= 11 is 0. The highest BCUT2D eigenvalue weighted by Gasteiger charge is 2.19. The van der Waals surface area contributed by atoms with Gasteiger partial charge in [0.2, 0.25) is 0 Å². The molecule has 0 aliphatic carbocycles. The van der Waals surface area contributed by atoms with E-state index in [1.807, 2.05) is 36.4 Å². The highest BCUT2D eigenvalue weighted by atomic mass is 16.5. The number of piperidine rings is 1. The number of carbonyl (C=O) groups excluding carboxylic acids is 1. The standard InChI is InChI=1S/C27H30N2O2/c1-31-26-9-5-8-25(19-26)28-27(30)24-12-10-23(11-13-24)20-29-16-14-22(15-17-29)18-21-6-3-2-4-7-21/h2-13,19,22H,14-18,20H2,1H3,(H,28,30). The first-order valence-electron chi connectivity index (χ1n) is 11.0. The highest BCUT2D eigenvalue weighted by Crippen LogP contribution is 2.23. The second-order valence-electron chi connectivity index (χ2n) is 8.29. The van der Waals surface area contributed by atoms with Crippen LogP contribution >= 0.6 is 0 Å². The predicted molar refractivity (Wildman–Crippen MR) is 126 cm³/mol. The van der Waals surface area contributed by atoms with Crippen LogP contribution in [-0.2, 0) is 13.0 Å². The fourth-order valence-corrected chi connectivity index (χ4v) is 4.22. The quantitative estimate of drug-likeness (QED) is 0.563. The molecule has 3 aromatic carbocycles. The third kappa shape index (κ3) is 5.96. The molecule has 0 radical (unpaired) electrons. The number of anilines is 1. The molecule has 0 saturated carbocycles. The summed E-state index contributed by atoms with van der Waals surface area (Å²) in [6.45, 7) is 3.21. The molecule has 0 atom stereocenters. The second kappa shape index (κ2) is 10.3. The first kappa shape index (κ1) is 21.1. The maximum Gasteiger partial charge on any atom is 0.255 e. The molecule has 1 aliphatic heterocycles. The number of benzene rings is 3. The van der Waals surface area contributed by atoms with E-state index in [1.165, 1.54) is 30.4 Å². The SMILES string of the molecule is COc1cccc(NC(=O)c2ccc(CN3CCC(Cc4ccccc4)CC3)cc2)c1. The minimum Gasteiger partial charge on any atom is -0.497 e. The van der Waals surface area contributed by atoms with E-state index in [0.29, 0.717) is 5.56 Å². The number of amides is 1. The number of ether oxygens (including phenoxy) is 1. The maximum absolute atomic E-state index is 12.5. The van der Waals surface area contributed by atoms with Gasteiger partial charge in [0.05, 0.1) is 7.11 Å². The van der Waals surface area contributed by atoms with Gasteiger partial charge in [0.25, 0.3) is 5.91 Å². The van der Waals surface area contributed by atoms with Gasteiger partial charge in [-0.2, -0.15) is 0 Å². The van der Waals surface area contributed by atoms with Crippen LogP contribution in [0.2, 0.25) is 0 Å². The lowest BCUT2D eigenvalue weighted by Crippen LogP contribution is -2.33. The van der Waals surface area contributed by atoms with Crippen LogP contribution in [0, 0.1) is 5.92 Å². The van der Waals surface area contributed by atoms with Gasteiger partial charge in [0.15, 0.2) is 0 Å². The number of hydrogen-bond donors (Lipinski definition) is 1. The van der Waals surface area contributed by atoms with Crippen LogP contribution < -0.4 is 10.1 Å². The van der Waals surface area contributed by atoms with Crippen molar-refractivity contribution in [3.63, 3.8) is 0 Å². The Kier molecular flexibility index (Phi) is 7.00. The maximum atomic E-state index is 12.5. The fourth-order valence-electron chi connectivity index (χ4n) is 4.22. The van der Waals surface area contributed by atoms with Gasteiger partial charge in [-0.15, -0.1) is 0 Å². The summed E-state index contributed by atoms with van der Waals surface area (Å²) in [5, 5.41) is 2.93. The molecule has 1 heterocycles. The molecule has 0 spiro atoms.